The van der Waals surface area contributed by atoms with Crippen LogP contribution in [0.4, 0.5) is 0 Å². The number of rotatable bonds is 6. The Morgan fingerprint density at radius 3 is 2.00 bits per heavy atom. The lowest BCUT2D eigenvalue weighted by molar-refractivity contribution is 0.0630. The standard InChI is InChI=1S/C23H15NO5/c25-21(14-4-2-1-3-5-14)15-6-8-16(9-7-15)28-13-12-24-22(26)19-17-10-11-18(29-17)20(19)23(24)27/h1-11H,12-13H2. The van der Waals surface area contributed by atoms with Gasteiger partial charge >= 0.3 is 0 Å². The number of carbonyl (C=O) groups is 3. The molecule has 2 aromatic carbocycles. The van der Waals surface area contributed by atoms with Gasteiger partial charge in [-0.3, -0.25) is 19.3 Å². The second kappa shape index (κ2) is 6.60. The fourth-order valence-corrected chi connectivity index (χ4v) is 3.56. The maximum absolute atomic E-state index is 12.5. The average molecular weight is 385 g/mol. The second-order valence-electron chi connectivity index (χ2n) is 6.74. The highest BCUT2D eigenvalue weighted by Gasteiger charge is 2.41. The summed E-state index contributed by atoms with van der Waals surface area (Å²) in [6, 6.07) is 19.2. The highest BCUT2D eigenvalue weighted by atomic mass is 16.5. The van der Waals surface area contributed by atoms with Crippen molar-refractivity contribution in [3.63, 3.8) is 0 Å². The van der Waals surface area contributed by atoms with Crippen LogP contribution >= 0.6 is 0 Å². The molecule has 0 saturated carbocycles. The molecule has 0 radical (unpaired) electrons. The molecule has 142 valence electrons. The molecule has 2 amide bonds. The third-order valence-corrected chi connectivity index (χ3v) is 5.00. The van der Waals surface area contributed by atoms with Crippen molar-refractivity contribution in [2.75, 3.05) is 13.2 Å². The molecule has 2 aromatic heterocycles. The van der Waals surface area contributed by atoms with Crippen molar-refractivity contribution in [1.29, 1.82) is 0 Å². The Kier molecular flexibility index (Phi) is 3.91. The van der Waals surface area contributed by atoms with Crippen LogP contribution in [0.25, 0.3) is 11.2 Å². The lowest BCUT2D eigenvalue weighted by atomic mass is 10.0. The summed E-state index contributed by atoms with van der Waals surface area (Å²) in [5.74, 6) is -0.215. The van der Waals surface area contributed by atoms with E-state index in [1.165, 1.54) is 4.90 Å². The molecule has 6 heteroatoms. The van der Waals surface area contributed by atoms with Gasteiger partial charge in [0.15, 0.2) is 5.78 Å². The first-order valence-electron chi connectivity index (χ1n) is 9.17. The number of carbonyl (C=O) groups excluding carboxylic acids is 3. The van der Waals surface area contributed by atoms with Crippen LogP contribution in [0.3, 0.4) is 0 Å². The fraction of sp³-hybridized carbons (Fsp3) is 0.0870. The SMILES string of the molecule is O=C(c1ccccc1)c1ccc(OCCN2C(=O)c3c(c4ccc3o4)C2=O)cc1. The van der Waals surface area contributed by atoms with E-state index in [1.807, 2.05) is 18.2 Å². The number of furan rings is 2. The van der Waals surface area contributed by atoms with E-state index >= 15 is 0 Å². The summed E-state index contributed by atoms with van der Waals surface area (Å²) in [6.45, 7) is 0.291. The second-order valence-corrected chi connectivity index (χ2v) is 6.74. The van der Waals surface area contributed by atoms with E-state index in [1.54, 1.807) is 48.5 Å². The molecule has 5 rings (SSSR count). The van der Waals surface area contributed by atoms with Gasteiger partial charge in [-0.05, 0) is 36.4 Å². The van der Waals surface area contributed by atoms with Crippen LogP contribution in [0.2, 0.25) is 0 Å². The zero-order valence-electron chi connectivity index (χ0n) is 15.3. The van der Waals surface area contributed by atoms with E-state index in [0.29, 0.717) is 39.2 Å². The number of fused-ring (bicyclic) bond motifs is 5. The van der Waals surface area contributed by atoms with E-state index in [2.05, 4.69) is 0 Å². The predicted octanol–water partition coefficient (Wildman–Crippen LogP) is 3.78. The smallest absolute Gasteiger partial charge is 0.265 e. The van der Waals surface area contributed by atoms with Gasteiger partial charge in [-0.25, -0.2) is 0 Å². The molecule has 0 atom stereocenters. The minimum atomic E-state index is -0.355. The Bertz CT molecular complexity index is 1180. The Morgan fingerprint density at radius 1 is 0.793 bits per heavy atom. The highest BCUT2D eigenvalue weighted by molar-refractivity contribution is 6.27. The van der Waals surface area contributed by atoms with Crippen molar-refractivity contribution < 1.29 is 23.5 Å². The van der Waals surface area contributed by atoms with E-state index in [4.69, 9.17) is 9.15 Å². The maximum Gasteiger partial charge on any atom is 0.265 e. The number of amides is 2. The summed E-state index contributed by atoms with van der Waals surface area (Å²) in [4.78, 5) is 38.6. The topological polar surface area (TPSA) is 76.8 Å². The summed E-state index contributed by atoms with van der Waals surface area (Å²) in [5, 5.41) is 0. The zero-order valence-corrected chi connectivity index (χ0v) is 15.3. The van der Waals surface area contributed by atoms with Gasteiger partial charge in [-0.2, -0.15) is 0 Å². The summed E-state index contributed by atoms with van der Waals surface area (Å²) < 4.78 is 11.0. The lowest BCUT2D eigenvalue weighted by Crippen LogP contribution is -2.33. The van der Waals surface area contributed by atoms with Gasteiger partial charge in [-0.15, -0.1) is 0 Å². The van der Waals surface area contributed by atoms with Crippen molar-refractivity contribution in [3.8, 4) is 5.75 Å². The van der Waals surface area contributed by atoms with Gasteiger partial charge in [0.1, 0.15) is 23.5 Å². The van der Waals surface area contributed by atoms with Crippen molar-refractivity contribution in [2.45, 2.75) is 0 Å². The van der Waals surface area contributed by atoms with Gasteiger partial charge in [0, 0.05) is 11.1 Å². The Hall–Kier alpha value is -3.93. The van der Waals surface area contributed by atoms with Crippen LogP contribution < -0.4 is 4.74 Å². The Labute approximate surface area is 165 Å². The lowest BCUT2D eigenvalue weighted by Gasteiger charge is -2.14. The normalized spacial score (nSPS) is 13.3. The monoisotopic (exact) mass is 385 g/mol. The van der Waals surface area contributed by atoms with Crippen LogP contribution in [0.5, 0.6) is 5.75 Å². The summed E-state index contributed by atoms with van der Waals surface area (Å²) >= 11 is 0. The van der Waals surface area contributed by atoms with Gasteiger partial charge in [-0.1, -0.05) is 30.3 Å². The molecule has 4 aromatic rings. The van der Waals surface area contributed by atoms with Gasteiger partial charge in [0.05, 0.1) is 17.7 Å². The Balaban J connectivity index is 1.21. The molecule has 0 fully saturated rings. The molecule has 1 aliphatic rings. The molecule has 0 spiro atoms. The van der Waals surface area contributed by atoms with E-state index in [9.17, 15) is 14.4 Å². The van der Waals surface area contributed by atoms with Crippen LogP contribution in [-0.4, -0.2) is 35.6 Å². The molecular weight excluding hydrogens is 370 g/mol. The van der Waals surface area contributed by atoms with Gasteiger partial charge < -0.3 is 9.15 Å². The zero-order chi connectivity index (χ0) is 20.0. The van der Waals surface area contributed by atoms with Gasteiger partial charge in [0.2, 0.25) is 0 Å². The average Bonchev–Trinajstić information content (AvgIpc) is 3.44. The predicted molar refractivity (Wildman–Crippen MR) is 105 cm³/mol. The number of imide groups is 1. The van der Waals surface area contributed by atoms with Crippen molar-refractivity contribution in [3.05, 3.63) is 89.0 Å². The van der Waals surface area contributed by atoms with Crippen LogP contribution in [0.1, 0.15) is 36.6 Å². The maximum atomic E-state index is 12.5. The summed E-state index contributed by atoms with van der Waals surface area (Å²) in [7, 11) is 0. The van der Waals surface area contributed by atoms with Crippen LogP contribution in [0.15, 0.2) is 71.1 Å². The summed E-state index contributed by atoms with van der Waals surface area (Å²) in [6.07, 6.45) is 0. The van der Waals surface area contributed by atoms with Crippen molar-refractivity contribution in [2.24, 2.45) is 0 Å². The first-order valence-corrected chi connectivity index (χ1v) is 9.17. The van der Waals surface area contributed by atoms with Crippen molar-refractivity contribution >= 4 is 28.8 Å². The minimum Gasteiger partial charge on any atom is -0.492 e. The largest absolute Gasteiger partial charge is 0.492 e. The molecule has 0 aliphatic carbocycles. The number of nitrogens with zero attached hydrogens (tertiary/aromatic N) is 1. The van der Waals surface area contributed by atoms with E-state index < -0.39 is 0 Å². The number of ketones is 1. The number of hydrogen-bond acceptors (Lipinski definition) is 5. The minimum absolute atomic E-state index is 0.0635. The van der Waals surface area contributed by atoms with E-state index in [0.717, 1.165) is 0 Å². The molecule has 1 aliphatic heterocycles. The molecule has 6 nitrogen and oxygen atoms in total. The molecule has 0 saturated heterocycles. The molecule has 0 N–H and O–H groups in total. The van der Waals surface area contributed by atoms with E-state index in [-0.39, 0.29) is 30.7 Å². The molecular formula is C23H15NO5. The number of ether oxygens (including phenoxy) is 1. The van der Waals surface area contributed by atoms with Gasteiger partial charge in [0.25, 0.3) is 11.8 Å². The quantitative estimate of drug-likeness (QED) is 0.373. The molecule has 29 heavy (non-hydrogen) atoms. The van der Waals surface area contributed by atoms with Crippen LogP contribution in [0, 0.1) is 0 Å². The number of hydrogen-bond donors (Lipinski definition) is 0. The third kappa shape index (κ3) is 2.77. The Morgan fingerprint density at radius 2 is 1.38 bits per heavy atom. The first kappa shape index (κ1) is 17.2. The van der Waals surface area contributed by atoms with Crippen LogP contribution in [-0.2, 0) is 0 Å². The summed E-state index contributed by atoms with van der Waals surface area (Å²) in [5.41, 5.74) is 2.75. The van der Waals surface area contributed by atoms with Crippen molar-refractivity contribution in [1.82, 2.24) is 4.90 Å². The third-order valence-electron chi connectivity index (χ3n) is 5.00. The molecule has 3 heterocycles. The fourth-order valence-electron chi connectivity index (χ4n) is 3.56. The number of benzene rings is 3. The highest BCUT2D eigenvalue weighted by Crippen LogP contribution is 2.35. The molecule has 0 unspecified atom stereocenters. The first-order chi connectivity index (χ1) is 14.1. The molecule has 2 bridgehead atoms.